The largest absolute Gasteiger partial charge is 0.407 e. The van der Waals surface area contributed by atoms with Gasteiger partial charge in [-0.15, -0.1) is 0 Å². The number of benzene rings is 3. The maximum atomic E-state index is 6.95. The molecule has 0 saturated heterocycles. The van der Waals surface area contributed by atoms with Gasteiger partial charge in [-0.25, -0.2) is 0 Å². The van der Waals surface area contributed by atoms with Gasteiger partial charge in [0.2, 0.25) is 0 Å². The Labute approximate surface area is 179 Å². The van der Waals surface area contributed by atoms with Crippen LogP contribution in [0, 0.1) is 0 Å². The van der Waals surface area contributed by atoms with Crippen LogP contribution in [0.15, 0.2) is 89.4 Å². The van der Waals surface area contributed by atoms with Crippen molar-refractivity contribution in [1.29, 1.82) is 0 Å². The third kappa shape index (κ3) is 4.48. The summed E-state index contributed by atoms with van der Waals surface area (Å²) < 4.78 is 8.13. The summed E-state index contributed by atoms with van der Waals surface area (Å²) in [6.07, 6.45) is 2.02. The van der Waals surface area contributed by atoms with Crippen LogP contribution >= 0.6 is 15.9 Å². The molecule has 0 radical (unpaired) electrons. The van der Waals surface area contributed by atoms with Gasteiger partial charge in [-0.05, 0) is 39.9 Å². The van der Waals surface area contributed by atoms with Gasteiger partial charge in [-0.3, -0.25) is 0 Å². The van der Waals surface area contributed by atoms with E-state index in [2.05, 4.69) is 122 Å². The van der Waals surface area contributed by atoms with Crippen LogP contribution in [0.5, 0.6) is 0 Å². The zero-order valence-corrected chi connectivity index (χ0v) is 19.6. The third-order valence-electron chi connectivity index (χ3n) is 5.28. The van der Waals surface area contributed by atoms with Crippen LogP contribution in [0.4, 0.5) is 0 Å². The van der Waals surface area contributed by atoms with E-state index in [-0.39, 0.29) is 5.04 Å². The summed E-state index contributed by atoms with van der Waals surface area (Å²) in [7, 11) is -2.41. The Morgan fingerprint density at radius 2 is 1.25 bits per heavy atom. The van der Waals surface area contributed by atoms with Gasteiger partial charge < -0.3 is 4.43 Å². The average Bonchev–Trinajstić information content (AvgIpc) is 2.70. The van der Waals surface area contributed by atoms with Gasteiger partial charge in [0.15, 0.2) is 0 Å². The average molecular weight is 453 g/mol. The molecule has 0 heterocycles. The molecule has 3 heteroatoms. The molecule has 0 aromatic heterocycles. The van der Waals surface area contributed by atoms with E-state index in [9.17, 15) is 0 Å². The first kappa shape index (κ1) is 21.0. The maximum Gasteiger partial charge on any atom is 0.261 e. The van der Waals surface area contributed by atoms with E-state index < -0.39 is 8.32 Å². The lowest BCUT2D eigenvalue weighted by atomic mass is 10.1. The van der Waals surface area contributed by atoms with Crippen molar-refractivity contribution < 1.29 is 4.43 Å². The van der Waals surface area contributed by atoms with E-state index in [0.29, 0.717) is 0 Å². The van der Waals surface area contributed by atoms with E-state index in [1.54, 1.807) is 0 Å². The first-order chi connectivity index (χ1) is 13.4. The molecule has 0 N–H and O–H groups in total. The van der Waals surface area contributed by atoms with Crippen LogP contribution in [-0.2, 0) is 10.8 Å². The first-order valence-electron chi connectivity index (χ1n) is 9.93. The first-order valence-corrected chi connectivity index (χ1v) is 12.6. The lowest BCUT2D eigenvalue weighted by molar-refractivity contribution is 0.292. The monoisotopic (exact) mass is 452 g/mol. The molecule has 0 atom stereocenters. The Hall–Kier alpha value is -1.68. The van der Waals surface area contributed by atoms with Crippen molar-refractivity contribution in [3.05, 3.63) is 95.0 Å². The molecule has 0 aliphatic heterocycles. The van der Waals surface area contributed by atoms with Crippen LogP contribution < -0.4 is 10.4 Å². The van der Waals surface area contributed by atoms with Crippen molar-refractivity contribution in [2.75, 3.05) is 6.61 Å². The quantitative estimate of drug-likeness (QED) is 0.317. The normalized spacial score (nSPS) is 12.1. The highest BCUT2D eigenvalue weighted by atomic mass is 79.9. The zero-order valence-electron chi connectivity index (χ0n) is 17.0. The lowest BCUT2D eigenvalue weighted by Crippen LogP contribution is -2.66. The van der Waals surface area contributed by atoms with Crippen LogP contribution in [0.2, 0.25) is 5.04 Å². The van der Waals surface area contributed by atoms with E-state index in [4.69, 9.17) is 4.43 Å². The lowest BCUT2D eigenvalue weighted by Gasteiger charge is -2.43. The third-order valence-corrected chi connectivity index (χ3v) is 11.1. The maximum absolute atomic E-state index is 6.95. The number of aryl methyl sites for hydroxylation is 1. The van der Waals surface area contributed by atoms with Crippen molar-refractivity contribution in [2.24, 2.45) is 0 Å². The Bertz CT molecular complexity index is 832. The molecule has 0 bridgehead atoms. The molecular formula is C25H29BrOSi. The molecule has 0 spiro atoms. The van der Waals surface area contributed by atoms with Gasteiger partial charge >= 0.3 is 0 Å². The molecule has 0 amide bonds. The van der Waals surface area contributed by atoms with Crippen molar-refractivity contribution in [3.63, 3.8) is 0 Å². The second kappa shape index (κ2) is 9.21. The van der Waals surface area contributed by atoms with Crippen LogP contribution in [-0.4, -0.2) is 14.9 Å². The predicted molar refractivity (Wildman–Crippen MR) is 126 cm³/mol. The molecule has 0 aliphatic rings. The van der Waals surface area contributed by atoms with E-state index >= 15 is 0 Å². The van der Waals surface area contributed by atoms with E-state index in [1.165, 1.54) is 20.4 Å². The highest BCUT2D eigenvalue weighted by molar-refractivity contribution is 9.10. The Morgan fingerprint density at radius 1 is 0.750 bits per heavy atom. The minimum absolute atomic E-state index is 0.0308. The van der Waals surface area contributed by atoms with Crippen LogP contribution in [0.3, 0.4) is 0 Å². The summed E-state index contributed by atoms with van der Waals surface area (Å²) in [6.45, 7) is 7.74. The van der Waals surface area contributed by atoms with E-state index in [1.807, 2.05) is 0 Å². The molecule has 0 unspecified atom stereocenters. The fraction of sp³-hybridized carbons (Fsp3) is 0.280. The van der Waals surface area contributed by atoms with E-state index in [0.717, 1.165) is 19.4 Å². The van der Waals surface area contributed by atoms with Gasteiger partial charge in [0.05, 0.1) is 0 Å². The van der Waals surface area contributed by atoms with Crippen LogP contribution in [0.1, 0.15) is 32.8 Å². The topological polar surface area (TPSA) is 9.23 Å². The van der Waals surface area contributed by atoms with Gasteiger partial charge in [0.1, 0.15) is 0 Å². The summed E-state index contributed by atoms with van der Waals surface area (Å²) in [6, 6.07) is 30.2. The highest BCUT2D eigenvalue weighted by Crippen LogP contribution is 2.36. The summed E-state index contributed by atoms with van der Waals surface area (Å²) in [5, 5.41) is 2.72. The molecule has 0 saturated carbocycles. The standard InChI is InChI=1S/C25H29BrOSi/c1-25(2,3)28(22-15-6-4-7-16-22,23-17-8-5-9-18-23)27-20-12-14-21-13-10-11-19-24(21)26/h4-11,13,15-19H,12,14,20H2,1-3H3. The van der Waals surface area contributed by atoms with Gasteiger partial charge in [-0.1, -0.05) is 116 Å². The van der Waals surface area contributed by atoms with Gasteiger partial charge in [0, 0.05) is 11.1 Å². The fourth-order valence-corrected chi connectivity index (χ4v) is 9.04. The summed E-state index contributed by atoms with van der Waals surface area (Å²) >= 11 is 3.66. The SMILES string of the molecule is CC(C)(C)[Si](OCCCc1ccccc1Br)(c1ccccc1)c1ccccc1. The molecule has 3 aromatic carbocycles. The summed E-state index contributed by atoms with van der Waals surface area (Å²) in [5.74, 6) is 0. The molecular weight excluding hydrogens is 424 g/mol. The predicted octanol–water partition coefficient (Wildman–Crippen LogP) is 5.96. The summed E-state index contributed by atoms with van der Waals surface area (Å²) in [5.41, 5.74) is 1.34. The van der Waals surface area contributed by atoms with Crippen molar-refractivity contribution in [1.82, 2.24) is 0 Å². The highest BCUT2D eigenvalue weighted by Gasteiger charge is 2.49. The van der Waals surface area contributed by atoms with Crippen molar-refractivity contribution in [3.8, 4) is 0 Å². The molecule has 3 aromatic rings. The molecule has 28 heavy (non-hydrogen) atoms. The Kier molecular flexibility index (Phi) is 6.92. The summed E-state index contributed by atoms with van der Waals surface area (Å²) in [4.78, 5) is 0. The van der Waals surface area contributed by atoms with Crippen LogP contribution in [0.25, 0.3) is 0 Å². The zero-order chi connectivity index (χ0) is 20.0. The van der Waals surface area contributed by atoms with Gasteiger partial charge in [0.25, 0.3) is 8.32 Å². The second-order valence-electron chi connectivity index (χ2n) is 8.21. The molecule has 0 aliphatic carbocycles. The molecule has 0 fully saturated rings. The Morgan fingerprint density at radius 3 is 1.75 bits per heavy atom. The Balaban J connectivity index is 1.89. The molecule has 1 nitrogen and oxygen atoms in total. The van der Waals surface area contributed by atoms with Crippen molar-refractivity contribution in [2.45, 2.75) is 38.7 Å². The molecule has 146 valence electrons. The van der Waals surface area contributed by atoms with Gasteiger partial charge in [-0.2, -0.15) is 0 Å². The number of rotatable bonds is 7. The smallest absolute Gasteiger partial charge is 0.261 e. The minimum Gasteiger partial charge on any atom is -0.407 e. The number of hydrogen-bond donors (Lipinski definition) is 0. The number of halogens is 1. The minimum atomic E-state index is -2.41. The fourth-order valence-electron chi connectivity index (χ4n) is 3.95. The number of hydrogen-bond acceptors (Lipinski definition) is 1. The second-order valence-corrected chi connectivity index (χ2v) is 13.4. The van der Waals surface area contributed by atoms with Crippen molar-refractivity contribution >= 4 is 34.6 Å². The molecule has 3 rings (SSSR count).